The summed E-state index contributed by atoms with van der Waals surface area (Å²) in [5.74, 6) is -0.942. The highest BCUT2D eigenvalue weighted by molar-refractivity contribution is 7.98. The summed E-state index contributed by atoms with van der Waals surface area (Å²) in [6, 6.07) is -0.807. The van der Waals surface area contributed by atoms with Crippen molar-refractivity contribution in [1.29, 1.82) is 0 Å². The lowest BCUT2D eigenvalue weighted by molar-refractivity contribution is -0.142. The summed E-state index contributed by atoms with van der Waals surface area (Å²) >= 11 is 1.55. The second kappa shape index (κ2) is 7.53. The van der Waals surface area contributed by atoms with Gasteiger partial charge in [0.15, 0.2) is 0 Å². The van der Waals surface area contributed by atoms with E-state index in [0.717, 1.165) is 0 Å². The highest BCUT2D eigenvalue weighted by Gasteiger charge is 2.21. The first-order valence-corrected chi connectivity index (χ1v) is 6.14. The molecule has 0 fully saturated rings. The third-order valence-electron chi connectivity index (χ3n) is 2.03. The number of carbonyl (C=O) groups is 2. The molecule has 0 bridgehead atoms. The Hall–Kier alpha value is -0.750. The number of nitrogens with two attached hydrogens (primary N) is 1. The van der Waals surface area contributed by atoms with E-state index in [0.29, 0.717) is 12.2 Å². The Kier molecular flexibility index (Phi) is 7.15. The van der Waals surface area contributed by atoms with Crippen LogP contribution < -0.4 is 11.1 Å². The summed E-state index contributed by atoms with van der Waals surface area (Å²) in [6.45, 7) is 1.89. The number of thioether (sulfide) groups is 1. The first kappa shape index (κ1) is 14.2. The molecule has 2 atom stereocenters. The minimum Gasteiger partial charge on any atom is -0.480 e. The molecule has 5 nitrogen and oxygen atoms in total. The van der Waals surface area contributed by atoms with Gasteiger partial charge >= 0.3 is 5.97 Å². The molecular formula is C9H18N2O3S. The van der Waals surface area contributed by atoms with Crippen molar-refractivity contribution in [3.8, 4) is 0 Å². The predicted octanol–water partition coefficient (Wildman–Crippen LogP) is -0.0963. The minimum atomic E-state index is -0.998. The van der Waals surface area contributed by atoms with Crippen molar-refractivity contribution >= 4 is 23.6 Å². The van der Waals surface area contributed by atoms with Crippen LogP contribution in [0, 0.1) is 5.92 Å². The summed E-state index contributed by atoms with van der Waals surface area (Å²) in [5.41, 5.74) is 5.31. The van der Waals surface area contributed by atoms with E-state index in [-0.39, 0.29) is 18.4 Å². The zero-order chi connectivity index (χ0) is 11.8. The van der Waals surface area contributed by atoms with Crippen LogP contribution in [-0.4, -0.2) is 41.6 Å². The van der Waals surface area contributed by atoms with Crippen molar-refractivity contribution in [2.75, 3.05) is 18.6 Å². The average molecular weight is 234 g/mol. The van der Waals surface area contributed by atoms with Crippen LogP contribution in [0.25, 0.3) is 0 Å². The molecule has 6 heteroatoms. The van der Waals surface area contributed by atoms with E-state index in [2.05, 4.69) is 5.32 Å². The van der Waals surface area contributed by atoms with Crippen LogP contribution in [0.1, 0.15) is 13.3 Å². The monoisotopic (exact) mass is 234 g/mol. The number of hydrogen-bond acceptors (Lipinski definition) is 4. The quantitative estimate of drug-likeness (QED) is 0.572. The third-order valence-corrected chi connectivity index (χ3v) is 2.67. The number of carboxylic acid groups (broad SMARTS) is 1. The van der Waals surface area contributed by atoms with Gasteiger partial charge < -0.3 is 16.2 Å². The maximum Gasteiger partial charge on any atom is 0.326 e. The zero-order valence-electron chi connectivity index (χ0n) is 9.03. The second-order valence-electron chi connectivity index (χ2n) is 3.32. The van der Waals surface area contributed by atoms with Crippen LogP contribution in [-0.2, 0) is 9.59 Å². The van der Waals surface area contributed by atoms with Crippen molar-refractivity contribution < 1.29 is 14.7 Å². The third kappa shape index (κ3) is 5.64. The minimum absolute atomic E-state index is 0.223. The molecule has 0 aromatic heterocycles. The van der Waals surface area contributed by atoms with Crippen LogP contribution in [0.5, 0.6) is 0 Å². The molecule has 0 rings (SSSR count). The number of aliphatic carboxylic acids is 1. The lowest BCUT2D eigenvalue weighted by Crippen LogP contribution is -2.44. The Morgan fingerprint density at radius 2 is 2.13 bits per heavy atom. The Balaban J connectivity index is 4.16. The number of nitrogens with one attached hydrogen (secondary N) is 1. The van der Waals surface area contributed by atoms with E-state index < -0.39 is 12.0 Å². The van der Waals surface area contributed by atoms with E-state index in [1.807, 2.05) is 6.26 Å². The van der Waals surface area contributed by atoms with Crippen molar-refractivity contribution in [3.05, 3.63) is 0 Å². The van der Waals surface area contributed by atoms with Crippen molar-refractivity contribution in [1.82, 2.24) is 5.32 Å². The molecule has 0 aromatic rings. The maximum absolute atomic E-state index is 11.4. The van der Waals surface area contributed by atoms with Gasteiger partial charge in [-0.1, -0.05) is 6.92 Å². The summed E-state index contributed by atoms with van der Waals surface area (Å²) in [7, 11) is 0. The van der Waals surface area contributed by atoms with Gasteiger partial charge in [-0.3, -0.25) is 4.79 Å². The van der Waals surface area contributed by atoms with Gasteiger partial charge in [0.2, 0.25) is 5.91 Å². The van der Waals surface area contributed by atoms with Crippen LogP contribution >= 0.6 is 11.8 Å². The molecule has 0 heterocycles. The van der Waals surface area contributed by atoms with Gasteiger partial charge in [-0.05, 0) is 18.4 Å². The molecule has 0 radical (unpaired) electrons. The molecule has 0 saturated carbocycles. The van der Waals surface area contributed by atoms with Crippen LogP contribution in [0.3, 0.4) is 0 Å². The van der Waals surface area contributed by atoms with Crippen LogP contribution in [0.4, 0.5) is 0 Å². The van der Waals surface area contributed by atoms with Gasteiger partial charge in [0.25, 0.3) is 0 Å². The molecule has 0 spiro atoms. The highest BCUT2D eigenvalue weighted by atomic mass is 32.2. The first-order chi connectivity index (χ1) is 7.02. The molecule has 0 aliphatic carbocycles. The highest BCUT2D eigenvalue weighted by Crippen LogP contribution is 2.02. The molecule has 0 saturated heterocycles. The van der Waals surface area contributed by atoms with Gasteiger partial charge in [-0.15, -0.1) is 0 Å². The Morgan fingerprint density at radius 3 is 2.53 bits per heavy atom. The Labute approximate surface area is 93.8 Å². The molecular weight excluding hydrogens is 216 g/mol. The van der Waals surface area contributed by atoms with E-state index in [4.69, 9.17) is 10.8 Å². The molecule has 1 unspecified atom stereocenters. The first-order valence-electron chi connectivity index (χ1n) is 4.75. The van der Waals surface area contributed by atoms with E-state index in [1.54, 1.807) is 18.7 Å². The lowest BCUT2D eigenvalue weighted by atomic mass is 10.1. The lowest BCUT2D eigenvalue weighted by Gasteiger charge is -2.16. The fraction of sp³-hybridized carbons (Fsp3) is 0.778. The van der Waals surface area contributed by atoms with E-state index in [1.165, 1.54) is 0 Å². The molecule has 1 amide bonds. The van der Waals surface area contributed by atoms with E-state index in [9.17, 15) is 9.59 Å². The SMILES string of the molecule is CSCC[C@H](NC(=O)C(C)CN)C(=O)O. The van der Waals surface area contributed by atoms with Crippen molar-refractivity contribution in [2.24, 2.45) is 11.7 Å². The fourth-order valence-electron chi connectivity index (χ4n) is 0.914. The molecule has 0 aromatic carbocycles. The number of rotatable bonds is 7. The van der Waals surface area contributed by atoms with Gasteiger partial charge in [0.1, 0.15) is 6.04 Å². The van der Waals surface area contributed by atoms with Gasteiger partial charge in [-0.25, -0.2) is 4.79 Å². The maximum atomic E-state index is 11.4. The number of amides is 1. The molecule has 15 heavy (non-hydrogen) atoms. The molecule has 4 N–H and O–H groups in total. The fourth-order valence-corrected chi connectivity index (χ4v) is 1.39. The smallest absolute Gasteiger partial charge is 0.326 e. The number of hydrogen-bond donors (Lipinski definition) is 3. The van der Waals surface area contributed by atoms with Crippen molar-refractivity contribution in [3.63, 3.8) is 0 Å². The summed E-state index contributed by atoms with van der Waals surface area (Å²) in [6.07, 6.45) is 2.32. The zero-order valence-corrected chi connectivity index (χ0v) is 9.84. The van der Waals surface area contributed by atoms with Gasteiger partial charge in [0.05, 0.1) is 0 Å². The molecule has 88 valence electrons. The summed E-state index contributed by atoms with van der Waals surface area (Å²) in [4.78, 5) is 22.2. The van der Waals surface area contributed by atoms with Crippen molar-refractivity contribution in [2.45, 2.75) is 19.4 Å². The topological polar surface area (TPSA) is 92.4 Å². The summed E-state index contributed by atoms with van der Waals surface area (Å²) in [5, 5.41) is 11.3. The molecule has 0 aliphatic heterocycles. The van der Waals surface area contributed by atoms with E-state index >= 15 is 0 Å². The number of carboxylic acids is 1. The normalized spacial score (nSPS) is 14.3. The predicted molar refractivity (Wildman–Crippen MR) is 60.8 cm³/mol. The average Bonchev–Trinajstić information content (AvgIpc) is 2.22. The Bertz CT molecular complexity index is 223. The molecule has 0 aliphatic rings. The van der Waals surface area contributed by atoms with Gasteiger partial charge in [-0.2, -0.15) is 11.8 Å². The summed E-state index contributed by atoms with van der Waals surface area (Å²) < 4.78 is 0. The standard InChI is InChI=1S/C9H18N2O3S/c1-6(5-10)8(12)11-7(9(13)14)3-4-15-2/h6-7H,3-5,10H2,1-2H3,(H,11,12)(H,13,14)/t6?,7-/m0/s1. The van der Waals surface area contributed by atoms with Crippen LogP contribution in [0.15, 0.2) is 0 Å². The number of carbonyl (C=O) groups excluding carboxylic acids is 1. The van der Waals surface area contributed by atoms with Gasteiger partial charge in [0, 0.05) is 12.5 Å². The Morgan fingerprint density at radius 1 is 1.53 bits per heavy atom. The second-order valence-corrected chi connectivity index (χ2v) is 4.30. The largest absolute Gasteiger partial charge is 0.480 e. The van der Waals surface area contributed by atoms with Crippen LogP contribution in [0.2, 0.25) is 0 Å².